The summed E-state index contributed by atoms with van der Waals surface area (Å²) < 4.78 is 0. The molecule has 0 amide bonds. The van der Waals surface area contributed by atoms with Gasteiger partial charge in [-0.2, -0.15) is 0 Å². The maximum Gasteiger partial charge on any atom is 0.171 e. The first-order chi connectivity index (χ1) is 2.89. The van der Waals surface area contributed by atoms with Crippen LogP contribution in [0.15, 0.2) is 11.5 Å². The minimum Gasteiger partial charge on any atom is -0.294 e. The Morgan fingerprint density at radius 1 is 1.67 bits per heavy atom. The Bertz CT molecular complexity index is 95.7. The van der Waals surface area contributed by atoms with E-state index in [2.05, 4.69) is 0 Å². The van der Waals surface area contributed by atoms with Crippen molar-refractivity contribution in [2.45, 2.75) is 0 Å². The largest absolute Gasteiger partial charge is 0.294 e. The highest BCUT2D eigenvalue weighted by Crippen LogP contribution is 2.14. The molecule has 0 aromatic heterocycles. The summed E-state index contributed by atoms with van der Waals surface area (Å²) in [5.74, 6) is 1.68. The van der Waals surface area contributed by atoms with Crippen LogP contribution in [-0.2, 0) is 4.79 Å². The van der Waals surface area contributed by atoms with E-state index in [1.54, 1.807) is 17.2 Å². The molecule has 0 aromatic rings. The van der Waals surface area contributed by atoms with Crippen molar-refractivity contribution in [3.63, 3.8) is 0 Å². The summed E-state index contributed by atoms with van der Waals surface area (Å²) in [6, 6.07) is 0. The van der Waals surface area contributed by atoms with Gasteiger partial charge in [-0.3, -0.25) is 4.79 Å². The second kappa shape index (κ2) is 1.47. The summed E-state index contributed by atoms with van der Waals surface area (Å²) >= 11 is 1.43. The first-order valence-electron chi connectivity index (χ1n) is 1.59. The first kappa shape index (κ1) is 3.93. The lowest BCUT2D eigenvalue weighted by Crippen LogP contribution is -1.79. The van der Waals surface area contributed by atoms with Crippen molar-refractivity contribution in [2.24, 2.45) is 0 Å². The molecule has 1 nitrogen and oxygen atoms in total. The van der Waals surface area contributed by atoms with Crippen molar-refractivity contribution >= 4 is 17.5 Å². The predicted molar refractivity (Wildman–Crippen MR) is 26.0 cm³/mol. The third-order valence-electron chi connectivity index (χ3n) is 0.495. The lowest BCUT2D eigenvalue weighted by Gasteiger charge is -1.69. The second-order valence-corrected chi connectivity index (χ2v) is 1.74. The molecule has 2 heteroatoms. The fourth-order valence-electron chi connectivity index (χ4n) is 0.252. The Balaban J connectivity index is 2.59. The van der Waals surface area contributed by atoms with Crippen molar-refractivity contribution in [1.82, 2.24) is 0 Å². The highest BCUT2D eigenvalue weighted by atomic mass is 32.2. The fourth-order valence-corrected chi connectivity index (χ4v) is 0.756. The van der Waals surface area contributed by atoms with Crippen molar-refractivity contribution in [3.05, 3.63) is 17.2 Å². The highest BCUT2D eigenvalue weighted by Gasteiger charge is 2.00. The van der Waals surface area contributed by atoms with E-state index in [4.69, 9.17) is 0 Å². The van der Waals surface area contributed by atoms with Gasteiger partial charge in [-0.25, -0.2) is 0 Å². The molecule has 0 saturated carbocycles. The smallest absolute Gasteiger partial charge is 0.171 e. The quantitative estimate of drug-likeness (QED) is 0.450. The van der Waals surface area contributed by atoms with Crippen molar-refractivity contribution in [1.29, 1.82) is 0 Å². The number of carbonyl (C=O) groups excluding carboxylic acids is 1. The molecule has 0 aliphatic carbocycles. The molecule has 6 heavy (non-hydrogen) atoms. The first-order valence-corrected chi connectivity index (χ1v) is 2.53. The SMILES string of the molecule is O=C1[CH]SC=C1. The molecule has 1 radical (unpaired) electrons. The molecule has 1 rings (SSSR count). The molecule has 1 heterocycles. The van der Waals surface area contributed by atoms with Crippen LogP contribution in [0.1, 0.15) is 0 Å². The number of allylic oxidation sites excluding steroid dienone is 1. The van der Waals surface area contributed by atoms with Gasteiger partial charge in [-0.1, -0.05) is 0 Å². The normalized spacial score (nSPS) is 19.7. The minimum absolute atomic E-state index is 0.111. The van der Waals surface area contributed by atoms with Gasteiger partial charge in [0, 0.05) is 0 Å². The van der Waals surface area contributed by atoms with Gasteiger partial charge in [-0.15, -0.1) is 11.8 Å². The van der Waals surface area contributed by atoms with E-state index in [0.29, 0.717) is 0 Å². The number of hydrogen-bond donors (Lipinski definition) is 0. The second-order valence-electron chi connectivity index (χ2n) is 0.959. The van der Waals surface area contributed by atoms with E-state index < -0.39 is 0 Å². The van der Waals surface area contributed by atoms with Crippen molar-refractivity contribution in [3.8, 4) is 0 Å². The summed E-state index contributed by atoms with van der Waals surface area (Å²) in [7, 11) is 0. The maximum atomic E-state index is 10.1. The molecule has 0 spiro atoms. The maximum absolute atomic E-state index is 10.1. The third kappa shape index (κ3) is 0.627. The Labute approximate surface area is 40.4 Å². The van der Waals surface area contributed by atoms with Gasteiger partial charge >= 0.3 is 0 Å². The molecule has 0 N–H and O–H groups in total. The van der Waals surface area contributed by atoms with Crippen LogP contribution in [0.25, 0.3) is 0 Å². The molecule has 0 unspecified atom stereocenters. The zero-order valence-corrected chi connectivity index (χ0v) is 3.87. The predicted octanol–water partition coefficient (Wildman–Crippen LogP) is 0.978. The third-order valence-corrected chi connectivity index (χ3v) is 1.16. The summed E-state index contributed by atoms with van der Waals surface area (Å²) in [4.78, 5) is 10.1. The van der Waals surface area contributed by atoms with E-state index in [9.17, 15) is 4.79 Å². The van der Waals surface area contributed by atoms with E-state index in [-0.39, 0.29) is 5.78 Å². The van der Waals surface area contributed by atoms with Crippen molar-refractivity contribution < 1.29 is 4.79 Å². The number of rotatable bonds is 0. The average molecular weight is 99.1 g/mol. The molecule has 0 aromatic carbocycles. The Hall–Kier alpha value is -0.240. The van der Waals surface area contributed by atoms with E-state index in [1.165, 1.54) is 11.8 Å². The van der Waals surface area contributed by atoms with Crippen LogP contribution in [0.5, 0.6) is 0 Å². The van der Waals surface area contributed by atoms with Crippen LogP contribution >= 0.6 is 11.8 Å². The van der Waals surface area contributed by atoms with E-state index in [0.717, 1.165) is 0 Å². The monoisotopic (exact) mass is 99.0 g/mol. The Kier molecular flexibility index (Phi) is 0.965. The van der Waals surface area contributed by atoms with Crippen LogP contribution in [0.3, 0.4) is 0 Å². The zero-order valence-electron chi connectivity index (χ0n) is 3.05. The van der Waals surface area contributed by atoms with Crippen LogP contribution in [-0.4, -0.2) is 5.78 Å². The van der Waals surface area contributed by atoms with Crippen LogP contribution in [0.4, 0.5) is 0 Å². The lowest BCUT2D eigenvalue weighted by molar-refractivity contribution is -0.110. The van der Waals surface area contributed by atoms with Gasteiger partial charge in [0.05, 0.1) is 5.75 Å². The molecule has 0 fully saturated rings. The standard InChI is InChI=1S/C4H3OS/c5-4-1-2-6-3-4/h1-3H. The number of thioether (sulfide) groups is 1. The van der Waals surface area contributed by atoms with E-state index >= 15 is 0 Å². The zero-order chi connectivity index (χ0) is 4.41. The van der Waals surface area contributed by atoms with Crippen molar-refractivity contribution in [2.75, 3.05) is 0 Å². The fraction of sp³-hybridized carbons (Fsp3) is 0. The van der Waals surface area contributed by atoms with Gasteiger partial charge in [0.2, 0.25) is 0 Å². The molecular weight excluding hydrogens is 96.1 g/mol. The van der Waals surface area contributed by atoms with E-state index in [1.807, 2.05) is 0 Å². The summed E-state index contributed by atoms with van der Waals surface area (Å²) in [5, 5.41) is 1.77. The van der Waals surface area contributed by atoms with Crippen LogP contribution in [0, 0.1) is 5.75 Å². The molecule has 0 saturated heterocycles. The summed E-state index contributed by atoms with van der Waals surface area (Å²) in [5.41, 5.74) is 0. The number of hydrogen-bond acceptors (Lipinski definition) is 2. The van der Waals surface area contributed by atoms with Gasteiger partial charge in [0.1, 0.15) is 0 Å². The molecule has 0 atom stereocenters. The minimum atomic E-state index is 0.111. The molecule has 31 valence electrons. The Morgan fingerprint density at radius 2 is 2.50 bits per heavy atom. The van der Waals surface area contributed by atoms with Crippen LogP contribution in [0.2, 0.25) is 0 Å². The Morgan fingerprint density at radius 3 is 2.67 bits per heavy atom. The molecular formula is C4H3OS. The summed E-state index contributed by atoms with van der Waals surface area (Å²) in [6.45, 7) is 0. The molecule has 0 bridgehead atoms. The molecule has 1 aliphatic heterocycles. The van der Waals surface area contributed by atoms with Gasteiger partial charge in [-0.05, 0) is 11.5 Å². The van der Waals surface area contributed by atoms with Gasteiger partial charge < -0.3 is 0 Å². The topological polar surface area (TPSA) is 17.1 Å². The molecule has 1 aliphatic rings. The van der Waals surface area contributed by atoms with Crippen LogP contribution < -0.4 is 0 Å². The van der Waals surface area contributed by atoms with Gasteiger partial charge in [0.25, 0.3) is 0 Å². The number of ketones is 1. The highest BCUT2D eigenvalue weighted by molar-refractivity contribution is 8.05. The number of carbonyl (C=O) groups is 1. The van der Waals surface area contributed by atoms with Gasteiger partial charge in [0.15, 0.2) is 5.78 Å². The summed E-state index contributed by atoms with van der Waals surface area (Å²) in [6.07, 6.45) is 1.55. The average Bonchev–Trinajstić information content (AvgIpc) is 1.86. The lowest BCUT2D eigenvalue weighted by atomic mass is 10.5.